The Kier molecular flexibility index (Phi) is 15.3. The Balaban J connectivity index is 0.000000314. The number of aliphatic hydroxyl groups excluding tert-OH is 2. The topological polar surface area (TPSA) is 116 Å². The predicted octanol–water partition coefficient (Wildman–Crippen LogP) is 4.64. The van der Waals surface area contributed by atoms with E-state index in [4.69, 9.17) is 9.29 Å². The summed E-state index contributed by atoms with van der Waals surface area (Å²) in [5.74, 6) is 0.269. The van der Waals surface area contributed by atoms with E-state index < -0.39 is 36.2 Å². The van der Waals surface area contributed by atoms with Crippen molar-refractivity contribution in [3.05, 3.63) is 127 Å². The van der Waals surface area contributed by atoms with Crippen molar-refractivity contribution in [2.75, 3.05) is 0 Å². The average molecular weight is 821 g/mol. The fourth-order valence-corrected chi connectivity index (χ4v) is 5.26. The first-order valence-corrected chi connectivity index (χ1v) is 15.1. The van der Waals surface area contributed by atoms with Gasteiger partial charge in [-0.25, -0.2) is 4.21 Å². The first-order chi connectivity index (χ1) is 22.0. The van der Waals surface area contributed by atoms with Crippen molar-refractivity contribution in [2.24, 2.45) is 0 Å². The van der Waals surface area contributed by atoms with E-state index in [0.29, 0.717) is 5.56 Å². The monoisotopic (exact) mass is 821 g/mol. The van der Waals surface area contributed by atoms with Gasteiger partial charge in [-0.05, 0) is 59.0 Å². The molecule has 0 aliphatic rings. The summed E-state index contributed by atoms with van der Waals surface area (Å²) >= 11 is -2.59. The third-order valence-corrected chi connectivity index (χ3v) is 7.65. The third kappa shape index (κ3) is 10.2. The number of alkyl halides is 3. The quantitative estimate of drug-likeness (QED) is 0.137. The number of pyridine rings is 2. The van der Waals surface area contributed by atoms with Gasteiger partial charge in [-0.3, -0.25) is 9.97 Å². The van der Waals surface area contributed by atoms with Gasteiger partial charge in [-0.15, -0.1) is 0 Å². The fraction of sp³-hybridized carbons (Fsp3) is 0.143. The Labute approximate surface area is 340 Å². The molecule has 0 spiro atoms. The molecule has 0 aliphatic heterocycles. The van der Waals surface area contributed by atoms with Gasteiger partial charge in [0.2, 0.25) is 0 Å². The van der Waals surface area contributed by atoms with Crippen molar-refractivity contribution in [1.29, 1.82) is 0 Å². The van der Waals surface area contributed by atoms with Crippen LogP contribution >= 0.6 is 0 Å². The number of aliphatic hydroxyl groups is 2. The van der Waals surface area contributed by atoms with E-state index in [0.717, 1.165) is 44.1 Å². The summed E-state index contributed by atoms with van der Waals surface area (Å²) in [7, 11) is 0. The Morgan fingerprint density at radius 1 is 0.771 bits per heavy atom. The van der Waals surface area contributed by atoms with Crippen LogP contribution in [-0.2, 0) is 11.4 Å². The Morgan fingerprint density at radius 3 is 1.71 bits per heavy atom. The van der Waals surface area contributed by atoms with Gasteiger partial charge in [0.05, 0.1) is 17.1 Å². The van der Waals surface area contributed by atoms with Crippen molar-refractivity contribution in [3.63, 3.8) is 0 Å². The molecular formula is C35H28EuF3N2NaO5S. The number of halogens is 3. The molecule has 2 N–H and O–H groups in total. The summed E-state index contributed by atoms with van der Waals surface area (Å²) < 4.78 is 62.1. The molecule has 48 heavy (non-hydrogen) atoms. The van der Waals surface area contributed by atoms with Gasteiger partial charge < -0.3 is 18.9 Å². The molecule has 1 radical (unpaired) electrons. The molecule has 0 fully saturated rings. The normalized spacial score (nSPS) is 12.9. The van der Waals surface area contributed by atoms with Crippen molar-refractivity contribution >= 4 is 33.2 Å². The molecule has 2 aromatic heterocycles. The fourth-order valence-electron chi connectivity index (χ4n) is 4.99. The molecule has 2 heterocycles. The summed E-state index contributed by atoms with van der Waals surface area (Å²) in [6, 6.07) is 31.4. The molecule has 0 aliphatic carbocycles. The SMILES string of the molecule is Cc1ccc(-c2ccnc3c2ccc2c(-c4ccc(OS(=O)[O-])cc4)ccnc23)cc1.OC(CC(O)C(F)(F)F)c1ccccc1.[Eu].[Na+]. The minimum absolute atomic E-state index is 0. The van der Waals surface area contributed by atoms with Crippen molar-refractivity contribution < 1.29 is 115 Å². The molecule has 13 heteroatoms. The zero-order chi connectivity index (χ0) is 32.8. The molecule has 3 atom stereocenters. The maximum absolute atomic E-state index is 12.0. The number of nitrogens with zero attached hydrogens (tertiary/aromatic N) is 2. The molecule has 243 valence electrons. The van der Waals surface area contributed by atoms with Crippen molar-refractivity contribution in [2.45, 2.75) is 31.7 Å². The molecule has 4 aromatic carbocycles. The summed E-state index contributed by atoms with van der Waals surface area (Å²) in [6.45, 7) is 2.08. The summed E-state index contributed by atoms with van der Waals surface area (Å²) in [5, 5.41) is 20.1. The van der Waals surface area contributed by atoms with Gasteiger partial charge >= 0.3 is 35.7 Å². The summed E-state index contributed by atoms with van der Waals surface area (Å²) in [6.07, 6.45) is -5.63. The molecule has 0 saturated heterocycles. The zero-order valence-electron chi connectivity index (χ0n) is 25.8. The van der Waals surface area contributed by atoms with Gasteiger partial charge in [0.1, 0.15) is 17.1 Å². The van der Waals surface area contributed by atoms with Gasteiger partial charge in [0.15, 0.2) is 6.10 Å². The van der Waals surface area contributed by atoms with E-state index in [-0.39, 0.29) is 84.7 Å². The third-order valence-electron chi connectivity index (χ3n) is 7.32. The van der Waals surface area contributed by atoms with Crippen molar-refractivity contribution in [1.82, 2.24) is 9.97 Å². The number of aromatic nitrogens is 2. The minimum atomic E-state index is -4.68. The second-order valence-corrected chi connectivity index (χ2v) is 11.0. The number of aryl methyl sites for hydroxylation is 1. The standard InChI is InChI=1S/C25H18N2O3S.C10H11F3O2.Eu.Na/c1-16-2-4-17(5-3-16)20-12-14-26-24-22(20)10-11-23-21(13-15-27-25(23)24)18-6-8-19(9-7-18)30-31(28)29;11-10(12,13)9(15)6-8(14)7-4-2-1-3-5-7;;/h2-15H,1H3,(H,28,29);1-5,8-9,14-15H,6H2;;/q;;;+1/p-1. The molecule has 0 amide bonds. The van der Waals surface area contributed by atoms with Crippen molar-refractivity contribution in [3.8, 4) is 28.0 Å². The molecule has 0 bridgehead atoms. The van der Waals surface area contributed by atoms with Crippen LogP contribution in [0.2, 0.25) is 0 Å². The smallest absolute Gasteiger partial charge is 0.740 e. The van der Waals surface area contributed by atoms with E-state index in [1.807, 2.05) is 30.5 Å². The van der Waals surface area contributed by atoms with Crippen LogP contribution in [0.25, 0.3) is 44.1 Å². The molecule has 6 rings (SSSR count). The van der Waals surface area contributed by atoms with Crippen LogP contribution in [0.15, 0.2) is 116 Å². The maximum atomic E-state index is 12.0. The van der Waals surface area contributed by atoms with Crippen LogP contribution in [0.5, 0.6) is 5.75 Å². The molecule has 6 aromatic rings. The van der Waals surface area contributed by atoms with Gasteiger partial charge in [0, 0.05) is 79.0 Å². The minimum Gasteiger partial charge on any atom is -0.740 e. The second-order valence-electron chi connectivity index (χ2n) is 10.5. The van der Waals surface area contributed by atoms with Crippen LogP contribution in [0.3, 0.4) is 0 Å². The summed E-state index contributed by atoms with van der Waals surface area (Å²) in [4.78, 5) is 9.28. The van der Waals surface area contributed by atoms with Gasteiger partial charge in [-0.1, -0.05) is 84.4 Å². The molecule has 0 saturated carbocycles. The van der Waals surface area contributed by atoms with E-state index in [1.165, 1.54) is 17.7 Å². The largest absolute Gasteiger partial charge is 1.00 e. The Hall–Kier alpha value is -2.10. The zero-order valence-corrected chi connectivity index (χ0v) is 31.0. The number of fused-ring (bicyclic) bond motifs is 3. The van der Waals surface area contributed by atoms with Crippen LogP contribution < -0.4 is 33.7 Å². The van der Waals surface area contributed by atoms with Crippen LogP contribution in [0.4, 0.5) is 13.2 Å². The molecular weight excluding hydrogens is 792 g/mol. The van der Waals surface area contributed by atoms with Gasteiger partial charge in [-0.2, -0.15) is 13.2 Å². The maximum Gasteiger partial charge on any atom is 1.00 e. The van der Waals surface area contributed by atoms with E-state index in [9.17, 15) is 27.0 Å². The molecule has 7 nitrogen and oxygen atoms in total. The van der Waals surface area contributed by atoms with Crippen LogP contribution in [-0.4, -0.2) is 41.2 Å². The second kappa shape index (κ2) is 18.2. The number of hydrogen-bond donors (Lipinski definition) is 2. The Morgan fingerprint density at radius 2 is 1.25 bits per heavy atom. The number of benzene rings is 4. The Bertz CT molecular complexity index is 1970. The van der Waals surface area contributed by atoms with E-state index in [2.05, 4.69) is 53.3 Å². The first-order valence-electron chi connectivity index (χ1n) is 14.1. The van der Waals surface area contributed by atoms with Crippen LogP contribution in [0, 0.1) is 56.3 Å². The molecule has 3 unspecified atom stereocenters. The van der Waals surface area contributed by atoms with Gasteiger partial charge in [0.25, 0.3) is 0 Å². The summed E-state index contributed by atoms with van der Waals surface area (Å²) in [5.41, 5.74) is 7.43. The van der Waals surface area contributed by atoms with E-state index >= 15 is 0 Å². The van der Waals surface area contributed by atoms with Crippen LogP contribution in [0.1, 0.15) is 23.7 Å². The first kappa shape index (κ1) is 40.3. The number of rotatable bonds is 7. The average Bonchev–Trinajstić information content (AvgIpc) is 3.05. The van der Waals surface area contributed by atoms with E-state index in [1.54, 1.807) is 36.5 Å². The number of hydrogen-bond acceptors (Lipinski definition) is 7. The predicted molar refractivity (Wildman–Crippen MR) is 170 cm³/mol.